The lowest BCUT2D eigenvalue weighted by molar-refractivity contribution is -0.139. The van der Waals surface area contributed by atoms with Crippen LogP contribution < -0.4 is 10.6 Å². The lowest BCUT2D eigenvalue weighted by Crippen LogP contribution is -2.45. The average molecular weight is 256 g/mol. The molecule has 1 aromatic rings. The van der Waals surface area contributed by atoms with Crippen LogP contribution in [0.1, 0.15) is 24.5 Å². The van der Waals surface area contributed by atoms with Crippen LogP contribution in [0, 0.1) is 6.92 Å². The Morgan fingerprint density at radius 3 is 2.65 bits per heavy atom. The summed E-state index contributed by atoms with van der Waals surface area (Å²) >= 11 is 1.58. The fraction of sp³-hybridized carbons (Fsp3) is 0.455. The SMILES string of the molecule is CC[C@@H](NC(=O)NCc1cscc1C)C(=O)O. The smallest absolute Gasteiger partial charge is 0.326 e. The summed E-state index contributed by atoms with van der Waals surface area (Å²) in [5.41, 5.74) is 2.18. The summed E-state index contributed by atoms with van der Waals surface area (Å²) in [7, 11) is 0. The summed E-state index contributed by atoms with van der Waals surface area (Å²) in [4.78, 5) is 22.2. The molecule has 1 atom stereocenters. The zero-order chi connectivity index (χ0) is 12.8. The fourth-order valence-electron chi connectivity index (χ4n) is 1.29. The van der Waals surface area contributed by atoms with Crippen LogP contribution in [0.2, 0.25) is 0 Å². The van der Waals surface area contributed by atoms with E-state index in [4.69, 9.17) is 5.11 Å². The van der Waals surface area contributed by atoms with Gasteiger partial charge in [0.2, 0.25) is 0 Å². The maximum atomic E-state index is 11.4. The number of aliphatic carboxylic acids is 1. The molecule has 0 fully saturated rings. The van der Waals surface area contributed by atoms with Gasteiger partial charge >= 0.3 is 12.0 Å². The Kier molecular flexibility index (Phi) is 4.96. The van der Waals surface area contributed by atoms with Crippen molar-refractivity contribution in [3.63, 3.8) is 0 Å². The number of urea groups is 1. The monoisotopic (exact) mass is 256 g/mol. The van der Waals surface area contributed by atoms with Gasteiger partial charge in [0.05, 0.1) is 0 Å². The molecule has 3 N–H and O–H groups in total. The molecule has 94 valence electrons. The summed E-state index contributed by atoms with van der Waals surface area (Å²) in [6, 6.07) is -1.29. The number of rotatable bonds is 5. The second-order valence-electron chi connectivity index (χ2n) is 3.71. The van der Waals surface area contributed by atoms with Gasteiger partial charge in [0.1, 0.15) is 6.04 Å². The third-order valence-corrected chi connectivity index (χ3v) is 3.32. The van der Waals surface area contributed by atoms with E-state index in [1.54, 1.807) is 18.3 Å². The Morgan fingerprint density at radius 1 is 1.47 bits per heavy atom. The number of carboxylic acids is 1. The first-order chi connectivity index (χ1) is 8.04. The molecule has 0 aliphatic heterocycles. The average Bonchev–Trinajstić information content (AvgIpc) is 2.68. The molecule has 17 heavy (non-hydrogen) atoms. The highest BCUT2D eigenvalue weighted by atomic mass is 32.1. The molecular weight excluding hydrogens is 240 g/mol. The molecule has 0 aliphatic carbocycles. The number of aryl methyl sites for hydroxylation is 1. The van der Waals surface area contributed by atoms with Crippen molar-refractivity contribution in [2.45, 2.75) is 32.9 Å². The first-order valence-corrected chi connectivity index (χ1v) is 6.27. The van der Waals surface area contributed by atoms with E-state index in [-0.39, 0.29) is 0 Å². The minimum Gasteiger partial charge on any atom is -0.480 e. The van der Waals surface area contributed by atoms with E-state index in [0.717, 1.165) is 11.1 Å². The second-order valence-corrected chi connectivity index (χ2v) is 4.45. The van der Waals surface area contributed by atoms with Gasteiger partial charge in [-0.1, -0.05) is 6.92 Å². The first-order valence-electron chi connectivity index (χ1n) is 5.33. The van der Waals surface area contributed by atoms with Crippen LogP contribution in [0.3, 0.4) is 0 Å². The van der Waals surface area contributed by atoms with Gasteiger partial charge < -0.3 is 15.7 Å². The topological polar surface area (TPSA) is 78.4 Å². The lowest BCUT2D eigenvalue weighted by Gasteiger charge is -2.13. The van der Waals surface area contributed by atoms with E-state index >= 15 is 0 Å². The molecule has 1 aromatic heterocycles. The summed E-state index contributed by atoms with van der Waals surface area (Å²) in [5.74, 6) is -1.02. The predicted molar refractivity (Wildman–Crippen MR) is 66.1 cm³/mol. The Hall–Kier alpha value is -1.56. The minimum atomic E-state index is -1.02. The van der Waals surface area contributed by atoms with Crippen LogP contribution in [0.4, 0.5) is 4.79 Å². The molecule has 0 radical (unpaired) electrons. The molecular formula is C11H16N2O3S. The summed E-state index contributed by atoms with van der Waals surface area (Å²) in [5, 5.41) is 17.8. The van der Waals surface area contributed by atoms with Gasteiger partial charge in [-0.3, -0.25) is 0 Å². The minimum absolute atomic E-state index is 0.361. The standard InChI is InChI=1S/C11H16N2O3S/c1-3-9(10(14)15)13-11(16)12-4-8-6-17-5-7(8)2/h5-6,9H,3-4H2,1-2H3,(H,14,15)(H2,12,13,16)/t9-/m1/s1. The van der Waals surface area contributed by atoms with Crippen LogP contribution in [0.25, 0.3) is 0 Å². The number of amides is 2. The zero-order valence-corrected chi connectivity index (χ0v) is 10.6. The Balaban J connectivity index is 2.40. The van der Waals surface area contributed by atoms with Gasteiger partial charge in [0.25, 0.3) is 0 Å². The Bertz CT molecular complexity index is 403. The summed E-state index contributed by atoms with van der Waals surface area (Å²) < 4.78 is 0. The van der Waals surface area contributed by atoms with E-state index in [1.165, 1.54) is 0 Å². The summed E-state index contributed by atoms with van der Waals surface area (Å²) in [6.07, 6.45) is 0.361. The van der Waals surface area contributed by atoms with Crippen molar-refractivity contribution in [2.24, 2.45) is 0 Å². The zero-order valence-electron chi connectivity index (χ0n) is 9.82. The van der Waals surface area contributed by atoms with Crippen molar-refractivity contribution >= 4 is 23.3 Å². The Morgan fingerprint density at radius 2 is 2.18 bits per heavy atom. The maximum Gasteiger partial charge on any atom is 0.326 e. The van der Waals surface area contributed by atoms with Crippen molar-refractivity contribution in [1.29, 1.82) is 0 Å². The number of hydrogen-bond donors (Lipinski definition) is 3. The molecule has 0 spiro atoms. The van der Waals surface area contributed by atoms with Crippen molar-refractivity contribution < 1.29 is 14.7 Å². The molecule has 1 heterocycles. The van der Waals surface area contributed by atoms with Crippen molar-refractivity contribution in [3.8, 4) is 0 Å². The highest BCUT2D eigenvalue weighted by Crippen LogP contribution is 2.12. The Labute approximate surface area is 104 Å². The number of thiophene rings is 1. The highest BCUT2D eigenvalue weighted by Gasteiger charge is 2.17. The summed E-state index contributed by atoms with van der Waals surface area (Å²) in [6.45, 7) is 4.09. The van der Waals surface area contributed by atoms with Gasteiger partial charge in [0.15, 0.2) is 0 Å². The van der Waals surface area contributed by atoms with E-state index in [9.17, 15) is 9.59 Å². The lowest BCUT2D eigenvalue weighted by atomic mass is 10.2. The third kappa shape index (κ3) is 4.07. The molecule has 0 saturated carbocycles. The maximum absolute atomic E-state index is 11.4. The molecule has 0 bridgehead atoms. The van der Waals surface area contributed by atoms with E-state index in [0.29, 0.717) is 13.0 Å². The normalized spacial score (nSPS) is 11.9. The van der Waals surface area contributed by atoms with Gasteiger partial charge in [0, 0.05) is 6.54 Å². The molecule has 0 aromatic carbocycles. The molecule has 2 amide bonds. The molecule has 5 nitrogen and oxygen atoms in total. The van der Waals surface area contributed by atoms with E-state index < -0.39 is 18.0 Å². The van der Waals surface area contributed by atoms with E-state index in [1.807, 2.05) is 17.7 Å². The first kappa shape index (κ1) is 13.5. The second kappa shape index (κ2) is 6.24. The number of hydrogen-bond acceptors (Lipinski definition) is 3. The van der Waals surface area contributed by atoms with Crippen LogP contribution >= 0.6 is 11.3 Å². The van der Waals surface area contributed by atoms with Crippen LogP contribution in [-0.2, 0) is 11.3 Å². The molecule has 1 rings (SSSR count). The van der Waals surface area contributed by atoms with Crippen LogP contribution in [-0.4, -0.2) is 23.1 Å². The molecule has 0 saturated heterocycles. The third-order valence-electron chi connectivity index (χ3n) is 2.41. The van der Waals surface area contributed by atoms with Crippen molar-refractivity contribution in [1.82, 2.24) is 10.6 Å². The number of carbonyl (C=O) groups excluding carboxylic acids is 1. The highest BCUT2D eigenvalue weighted by molar-refractivity contribution is 7.08. The van der Waals surface area contributed by atoms with Crippen molar-refractivity contribution in [3.05, 3.63) is 21.9 Å². The largest absolute Gasteiger partial charge is 0.480 e. The van der Waals surface area contributed by atoms with Crippen LogP contribution in [0.5, 0.6) is 0 Å². The van der Waals surface area contributed by atoms with E-state index in [2.05, 4.69) is 10.6 Å². The molecule has 0 aliphatic rings. The quantitative estimate of drug-likeness (QED) is 0.750. The van der Waals surface area contributed by atoms with Gasteiger partial charge in [-0.25, -0.2) is 9.59 Å². The number of carboxylic acid groups (broad SMARTS) is 1. The van der Waals surface area contributed by atoms with Crippen LogP contribution in [0.15, 0.2) is 10.8 Å². The van der Waals surface area contributed by atoms with Crippen molar-refractivity contribution in [2.75, 3.05) is 0 Å². The number of carbonyl (C=O) groups is 2. The molecule has 6 heteroatoms. The van der Waals surface area contributed by atoms with Gasteiger partial charge in [-0.2, -0.15) is 11.3 Å². The van der Waals surface area contributed by atoms with Gasteiger partial charge in [-0.15, -0.1) is 0 Å². The fourth-order valence-corrected chi connectivity index (χ4v) is 2.15. The number of nitrogens with one attached hydrogen (secondary N) is 2. The van der Waals surface area contributed by atoms with Gasteiger partial charge in [-0.05, 0) is 35.2 Å². The molecule has 0 unspecified atom stereocenters. The predicted octanol–water partition coefficient (Wildman–Crippen LogP) is 1.72.